The van der Waals surface area contributed by atoms with Crippen molar-refractivity contribution < 1.29 is 19.3 Å². The minimum atomic E-state index is -1.67. The van der Waals surface area contributed by atoms with Gasteiger partial charge in [-0.3, -0.25) is 0 Å². The molecule has 1 saturated carbocycles. The van der Waals surface area contributed by atoms with Gasteiger partial charge in [0.15, 0.2) is 12.4 Å². The molecule has 0 unspecified atom stereocenters. The molecule has 1 aliphatic carbocycles. The maximum atomic E-state index is 14.3. The summed E-state index contributed by atoms with van der Waals surface area (Å²) in [7, 11) is 0. The standard InChI is InChI=1S/C14H16ClFN4O3/c15-14-18-11(17-6-1-2-6)7-3-4-20(12(7)19-14)13-9(16)10(22)8(5-21)23-13/h3-4,6,8-10,13,21-22H,1-2,5H2,(H,17,18,19)/t8-,9+,10-,13-/m1/s1. The fourth-order valence-corrected chi connectivity index (χ4v) is 2.99. The molecule has 2 aromatic rings. The first kappa shape index (κ1) is 15.1. The van der Waals surface area contributed by atoms with Gasteiger partial charge in [0.2, 0.25) is 5.28 Å². The Morgan fingerprint density at radius 2 is 2.22 bits per heavy atom. The molecule has 3 N–H and O–H groups in total. The summed E-state index contributed by atoms with van der Waals surface area (Å²) in [6, 6.07) is 2.13. The van der Waals surface area contributed by atoms with Gasteiger partial charge in [-0.25, -0.2) is 9.37 Å². The molecule has 0 spiro atoms. The Balaban J connectivity index is 1.74. The van der Waals surface area contributed by atoms with Crippen LogP contribution in [0.15, 0.2) is 12.3 Å². The number of anilines is 1. The molecule has 0 radical (unpaired) electrons. The Bertz CT molecular complexity index is 738. The van der Waals surface area contributed by atoms with E-state index in [9.17, 15) is 9.50 Å². The third-order valence-electron chi connectivity index (χ3n) is 4.21. The van der Waals surface area contributed by atoms with Crippen molar-refractivity contribution in [3.8, 4) is 0 Å². The van der Waals surface area contributed by atoms with Crippen LogP contribution in [0.3, 0.4) is 0 Å². The second-order valence-corrected chi connectivity index (χ2v) is 6.24. The van der Waals surface area contributed by atoms with E-state index in [1.165, 1.54) is 4.57 Å². The first-order valence-corrected chi connectivity index (χ1v) is 7.85. The van der Waals surface area contributed by atoms with E-state index in [1.807, 2.05) is 0 Å². The zero-order chi connectivity index (χ0) is 16.1. The number of hydrogen-bond donors (Lipinski definition) is 3. The first-order chi connectivity index (χ1) is 11.1. The SMILES string of the molecule is OC[C@H]1O[C@@H](n2ccc3c(NC4CC4)nc(Cl)nc32)[C@@H](F)[C@@H]1O. The van der Waals surface area contributed by atoms with Crippen molar-refractivity contribution in [2.45, 2.75) is 43.5 Å². The fourth-order valence-electron chi connectivity index (χ4n) is 2.82. The highest BCUT2D eigenvalue weighted by Crippen LogP contribution is 2.36. The molecule has 23 heavy (non-hydrogen) atoms. The number of rotatable bonds is 4. The fraction of sp³-hybridized carbons (Fsp3) is 0.571. The number of hydrogen-bond acceptors (Lipinski definition) is 6. The Morgan fingerprint density at radius 3 is 2.87 bits per heavy atom. The monoisotopic (exact) mass is 342 g/mol. The number of fused-ring (bicyclic) bond motifs is 1. The number of halogens is 2. The van der Waals surface area contributed by atoms with E-state index < -0.39 is 31.2 Å². The van der Waals surface area contributed by atoms with Gasteiger partial charge in [-0.15, -0.1) is 0 Å². The Kier molecular flexibility index (Phi) is 3.64. The number of nitrogens with zero attached hydrogens (tertiary/aromatic N) is 3. The van der Waals surface area contributed by atoms with Crippen LogP contribution in [0.25, 0.3) is 11.0 Å². The highest BCUT2D eigenvalue weighted by Gasteiger charge is 2.45. The van der Waals surface area contributed by atoms with Gasteiger partial charge >= 0.3 is 0 Å². The Labute approximate surface area is 136 Å². The predicted octanol–water partition coefficient (Wildman–Crippen LogP) is 1.25. The zero-order valence-electron chi connectivity index (χ0n) is 12.1. The number of aliphatic hydroxyl groups excluding tert-OH is 2. The molecule has 4 atom stereocenters. The van der Waals surface area contributed by atoms with Crippen molar-refractivity contribution in [3.05, 3.63) is 17.5 Å². The molecule has 124 valence electrons. The average Bonchev–Trinajstić information content (AvgIpc) is 3.17. The van der Waals surface area contributed by atoms with Gasteiger partial charge in [0.1, 0.15) is 23.7 Å². The third kappa shape index (κ3) is 2.55. The summed E-state index contributed by atoms with van der Waals surface area (Å²) in [5.74, 6) is 0.605. The van der Waals surface area contributed by atoms with E-state index in [4.69, 9.17) is 21.4 Å². The number of alkyl halides is 1. The number of nitrogens with one attached hydrogen (secondary N) is 1. The lowest BCUT2D eigenvalue weighted by Gasteiger charge is -2.16. The Morgan fingerprint density at radius 1 is 1.43 bits per heavy atom. The molecule has 2 fully saturated rings. The van der Waals surface area contributed by atoms with Gasteiger partial charge in [-0.2, -0.15) is 4.98 Å². The zero-order valence-corrected chi connectivity index (χ0v) is 12.8. The van der Waals surface area contributed by atoms with Crippen LogP contribution in [0.5, 0.6) is 0 Å². The van der Waals surface area contributed by atoms with Crippen molar-refractivity contribution in [2.75, 3.05) is 11.9 Å². The summed E-state index contributed by atoms with van der Waals surface area (Å²) >= 11 is 5.98. The molecule has 0 bridgehead atoms. The highest BCUT2D eigenvalue weighted by molar-refractivity contribution is 6.28. The van der Waals surface area contributed by atoms with Crippen LogP contribution in [0, 0.1) is 0 Å². The lowest BCUT2D eigenvalue weighted by atomic mass is 10.1. The molecule has 2 aliphatic rings. The van der Waals surface area contributed by atoms with Crippen LogP contribution < -0.4 is 5.32 Å². The maximum absolute atomic E-state index is 14.3. The second kappa shape index (κ2) is 5.55. The molecule has 1 aliphatic heterocycles. The number of ether oxygens (including phenoxy) is 1. The summed E-state index contributed by atoms with van der Waals surface area (Å²) in [4.78, 5) is 8.36. The van der Waals surface area contributed by atoms with E-state index in [0.717, 1.165) is 12.8 Å². The van der Waals surface area contributed by atoms with E-state index in [-0.39, 0.29) is 5.28 Å². The molecule has 7 nitrogen and oxygen atoms in total. The minimum Gasteiger partial charge on any atom is -0.394 e. The molecule has 2 aromatic heterocycles. The summed E-state index contributed by atoms with van der Waals surface area (Å²) < 4.78 is 21.2. The second-order valence-electron chi connectivity index (χ2n) is 5.90. The molecule has 3 heterocycles. The lowest BCUT2D eigenvalue weighted by molar-refractivity contribution is -0.0457. The van der Waals surface area contributed by atoms with Crippen molar-refractivity contribution in [2.24, 2.45) is 0 Å². The van der Waals surface area contributed by atoms with Crippen LogP contribution in [-0.4, -0.2) is 55.8 Å². The normalized spacial score (nSPS) is 31.0. The van der Waals surface area contributed by atoms with E-state index in [0.29, 0.717) is 22.9 Å². The van der Waals surface area contributed by atoms with Crippen LogP contribution in [-0.2, 0) is 4.74 Å². The van der Waals surface area contributed by atoms with Gasteiger partial charge in [0.25, 0.3) is 0 Å². The van der Waals surface area contributed by atoms with Gasteiger partial charge in [-0.1, -0.05) is 0 Å². The Hall–Kier alpha value is -1.48. The van der Waals surface area contributed by atoms with Crippen LogP contribution in [0.1, 0.15) is 19.1 Å². The first-order valence-electron chi connectivity index (χ1n) is 7.47. The van der Waals surface area contributed by atoms with Crippen molar-refractivity contribution >= 4 is 28.5 Å². The summed E-state index contributed by atoms with van der Waals surface area (Å²) in [6.45, 7) is -0.457. The molecule has 0 amide bonds. The predicted molar refractivity (Wildman–Crippen MR) is 81.1 cm³/mol. The number of aromatic nitrogens is 3. The third-order valence-corrected chi connectivity index (χ3v) is 4.38. The molecule has 1 saturated heterocycles. The quantitative estimate of drug-likeness (QED) is 0.724. The smallest absolute Gasteiger partial charge is 0.226 e. The number of aliphatic hydroxyl groups is 2. The van der Waals surface area contributed by atoms with E-state index >= 15 is 0 Å². The van der Waals surface area contributed by atoms with E-state index in [1.54, 1.807) is 12.3 Å². The molecular formula is C14H16ClFN4O3. The van der Waals surface area contributed by atoms with Gasteiger partial charge in [0.05, 0.1) is 12.0 Å². The van der Waals surface area contributed by atoms with E-state index in [2.05, 4.69) is 15.3 Å². The van der Waals surface area contributed by atoms with Crippen LogP contribution >= 0.6 is 11.6 Å². The molecule has 0 aromatic carbocycles. The molecule has 9 heteroatoms. The highest BCUT2D eigenvalue weighted by atomic mass is 35.5. The van der Waals surface area contributed by atoms with Crippen LogP contribution in [0.2, 0.25) is 5.28 Å². The lowest BCUT2D eigenvalue weighted by Crippen LogP contribution is -2.30. The topological polar surface area (TPSA) is 92.4 Å². The molecular weight excluding hydrogens is 327 g/mol. The summed E-state index contributed by atoms with van der Waals surface area (Å²) in [5, 5.41) is 23.0. The van der Waals surface area contributed by atoms with Gasteiger partial charge in [-0.05, 0) is 30.5 Å². The summed E-state index contributed by atoms with van der Waals surface area (Å²) in [6.07, 6.45) is -1.32. The average molecular weight is 343 g/mol. The summed E-state index contributed by atoms with van der Waals surface area (Å²) in [5.41, 5.74) is 0.423. The van der Waals surface area contributed by atoms with Gasteiger partial charge < -0.3 is 24.8 Å². The maximum Gasteiger partial charge on any atom is 0.226 e. The molecule has 4 rings (SSSR count). The van der Waals surface area contributed by atoms with Crippen molar-refractivity contribution in [3.63, 3.8) is 0 Å². The minimum absolute atomic E-state index is 0.0493. The van der Waals surface area contributed by atoms with Crippen LogP contribution in [0.4, 0.5) is 10.2 Å². The largest absolute Gasteiger partial charge is 0.394 e. The van der Waals surface area contributed by atoms with Gasteiger partial charge in [0, 0.05) is 12.2 Å². The van der Waals surface area contributed by atoms with Crippen molar-refractivity contribution in [1.82, 2.24) is 14.5 Å². The van der Waals surface area contributed by atoms with Crippen molar-refractivity contribution in [1.29, 1.82) is 0 Å².